The highest BCUT2D eigenvalue weighted by molar-refractivity contribution is 6.01. The number of aromatic nitrogens is 2. The smallest absolute Gasteiger partial charge is 0.257 e. The van der Waals surface area contributed by atoms with Gasteiger partial charge in [-0.05, 0) is 26.0 Å². The van der Waals surface area contributed by atoms with Gasteiger partial charge in [0.05, 0.1) is 13.2 Å². The highest BCUT2D eigenvalue weighted by atomic mass is 16.5. The first kappa shape index (κ1) is 13.9. The molecule has 0 saturated carbocycles. The first-order valence-corrected chi connectivity index (χ1v) is 6.20. The van der Waals surface area contributed by atoms with Crippen LogP contribution in [0.15, 0.2) is 22.7 Å². The van der Waals surface area contributed by atoms with Crippen molar-refractivity contribution in [3.8, 4) is 5.75 Å². The number of aryl methyl sites for hydroxylation is 1. The molecule has 1 amide bonds. The van der Waals surface area contributed by atoms with Gasteiger partial charge >= 0.3 is 0 Å². The van der Waals surface area contributed by atoms with Gasteiger partial charge in [-0.25, -0.2) is 0 Å². The number of rotatable bonds is 5. The lowest BCUT2D eigenvalue weighted by Crippen LogP contribution is -2.24. The lowest BCUT2D eigenvalue weighted by atomic mass is 10.1. The number of hydrogen-bond donors (Lipinski definition) is 2. The average Bonchev–Trinajstić information content (AvgIpc) is 2.82. The van der Waals surface area contributed by atoms with Crippen LogP contribution in [0.3, 0.4) is 0 Å². The van der Waals surface area contributed by atoms with Crippen LogP contribution in [0.2, 0.25) is 0 Å². The van der Waals surface area contributed by atoms with Crippen LogP contribution >= 0.6 is 0 Å². The van der Waals surface area contributed by atoms with E-state index in [1.165, 1.54) is 0 Å². The Kier molecular flexibility index (Phi) is 4.19. The van der Waals surface area contributed by atoms with Gasteiger partial charge in [0.2, 0.25) is 5.89 Å². The van der Waals surface area contributed by atoms with Crippen molar-refractivity contribution in [2.75, 3.05) is 12.3 Å². The van der Waals surface area contributed by atoms with E-state index in [1.54, 1.807) is 25.1 Å². The number of benzene rings is 1. The van der Waals surface area contributed by atoms with Gasteiger partial charge in [-0.3, -0.25) is 4.79 Å². The predicted molar refractivity (Wildman–Crippen MR) is 72.2 cm³/mol. The number of hydrogen-bond acceptors (Lipinski definition) is 6. The number of nitrogen functional groups attached to an aromatic ring is 1. The number of carbonyl (C=O) groups excluding carboxylic acids is 1. The predicted octanol–water partition coefficient (Wildman–Crippen LogP) is 1.29. The highest BCUT2D eigenvalue weighted by Crippen LogP contribution is 2.24. The molecule has 1 heterocycles. The first-order chi connectivity index (χ1) is 9.61. The van der Waals surface area contributed by atoms with Crippen molar-refractivity contribution in [3.05, 3.63) is 35.5 Å². The van der Waals surface area contributed by atoms with Crippen molar-refractivity contribution < 1.29 is 14.1 Å². The maximum Gasteiger partial charge on any atom is 0.257 e. The Bertz CT molecular complexity index is 609. The summed E-state index contributed by atoms with van der Waals surface area (Å²) in [5.41, 5.74) is 6.50. The van der Waals surface area contributed by atoms with Gasteiger partial charge < -0.3 is 20.3 Å². The molecular weight excluding hydrogens is 260 g/mol. The minimum Gasteiger partial charge on any atom is -0.493 e. The summed E-state index contributed by atoms with van der Waals surface area (Å²) in [5, 5.41) is 6.32. The molecule has 106 valence electrons. The highest BCUT2D eigenvalue weighted by Gasteiger charge is 2.16. The summed E-state index contributed by atoms with van der Waals surface area (Å²) in [7, 11) is 0. The van der Waals surface area contributed by atoms with Gasteiger partial charge in [0.1, 0.15) is 11.3 Å². The van der Waals surface area contributed by atoms with Crippen molar-refractivity contribution in [2.24, 2.45) is 0 Å². The summed E-state index contributed by atoms with van der Waals surface area (Å²) in [6, 6.07) is 5.08. The van der Waals surface area contributed by atoms with Gasteiger partial charge in [-0.2, -0.15) is 4.98 Å². The molecule has 0 atom stereocenters. The number of amides is 1. The van der Waals surface area contributed by atoms with Crippen LogP contribution in [0.25, 0.3) is 0 Å². The summed E-state index contributed by atoms with van der Waals surface area (Å²) in [6.45, 7) is 4.13. The molecule has 0 aliphatic heterocycles. The molecule has 2 aromatic rings. The molecule has 0 radical (unpaired) electrons. The molecule has 7 nitrogen and oxygen atoms in total. The third-order valence-electron chi connectivity index (χ3n) is 2.56. The molecule has 2 rings (SSSR count). The fourth-order valence-corrected chi connectivity index (χ4v) is 1.72. The van der Waals surface area contributed by atoms with Crippen molar-refractivity contribution in [3.63, 3.8) is 0 Å². The lowest BCUT2D eigenvalue weighted by molar-refractivity contribution is 0.0943. The molecule has 0 saturated heterocycles. The van der Waals surface area contributed by atoms with Crippen LogP contribution in [0.1, 0.15) is 29.0 Å². The fourth-order valence-electron chi connectivity index (χ4n) is 1.72. The van der Waals surface area contributed by atoms with Crippen LogP contribution in [0.4, 0.5) is 5.69 Å². The van der Waals surface area contributed by atoms with E-state index in [2.05, 4.69) is 15.5 Å². The number of ether oxygens (including phenoxy) is 1. The quantitative estimate of drug-likeness (QED) is 0.797. The molecular formula is C13H16N4O3. The molecule has 0 spiro atoms. The van der Waals surface area contributed by atoms with Gasteiger partial charge in [0.15, 0.2) is 5.82 Å². The van der Waals surface area contributed by atoms with E-state index in [0.29, 0.717) is 35.3 Å². The maximum absolute atomic E-state index is 12.2. The molecule has 7 heteroatoms. The van der Waals surface area contributed by atoms with Crippen LogP contribution < -0.4 is 15.8 Å². The van der Waals surface area contributed by atoms with Crippen molar-refractivity contribution in [1.29, 1.82) is 0 Å². The van der Waals surface area contributed by atoms with Gasteiger partial charge in [0.25, 0.3) is 5.91 Å². The zero-order valence-corrected chi connectivity index (χ0v) is 11.3. The van der Waals surface area contributed by atoms with Crippen molar-refractivity contribution in [1.82, 2.24) is 15.5 Å². The summed E-state index contributed by atoms with van der Waals surface area (Å²) in [5.74, 6) is 0.959. The third kappa shape index (κ3) is 3.05. The molecule has 0 aliphatic rings. The molecule has 1 aromatic carbocycles. The van der Waals surface area contributed by atoms with Crippen LogP contribution in [0.5, 0.6) is 5.75 Å². The van der Waals surface area contributed by atoms with E-state index in [4.69, 9.17) is 15.0 Å². The molecule has 0 bridgehead atoms. The van der Waals surface area contributed by atoms with Gasteiger partial charge in [0, 0.05) is 5.69 Å². The fraction of sp³-hybridized carbons (Fsp3) is 0.308. The standard InChI is InChI=1S/C13H16N4O3/c1-3-19-10-6-4-5-9(14)12(10)13(18)15-7-11-16-8(2)17-20-11/h4-6H,3,7,14H2,1-2H3,(H,15,18). The molecule has 3 N–H and O–H groups in total. The summed E-state index contributed by atoms with van der Waals surface area (Å²) >= 11 is 0. The molecule has 0 aliphatic carbocycles. The Morgan fingerprint density at radius 1 is 1.50 bits per heavy atom. The van der Waals surface area contributed by atoms with Gasteiger partial charge in [-0.1, -0.05) is 11.2 Å². The van der Waals surface area contributed by atoms with Crippen LogP contribution in [0, 0.1) is 6.92 Å². The van der Waals surface area contributed by atoms with E-state index >= 15 is 0 Å². The van der Waals surface area contributed by atoms with E-state index in [-0.39, 0.29) is 12.5 Å². The van der Waals surface area contributed by atoms with Crippen molar-refractivity contribution >= 4 is 11.6 Å². The second kappa shape index (κ2) is 6.05. The zero-order chi connectivity index (χ0) is 14.5. The molecule has 1 aromatic heterocycles. The van der Waals surface area contributed by atoms with E-state index in [1.807, 2.05) is 6.92 Å². The normalized spacial score (nSPS) is 10.3. The summed E-state index contributed by atoms with van der Waals surface area (Å²) < 4.78 is 10.3. The average molecular weight is 276 g/mol. The Hall–Kier alpha value is -2.57. The molecule has 20 heavy (non-hydrogen) atoms. The number of anilines is 1. The van der Waals surface area contributed by atoms with E-state index in [0.717, 1.165) is 0 Å². The van der Waals surface area contributed by atoms with E-state index in [9.17, 15) is 4.79 Å². The topological polar surface area (TPSA) is 103 Å². The van der Waals surface area contributed by atoms with Crippen LogP contribution in [-0.4, -0.2) is 22.7 Å². The maximum atomic E-state index is 12.2. The second-order valence-electron chi connectivity index (χ2n) is 4.07. The minimum absolute atomic E-state index is 0.138. The Morgan fingerprint density at radius 3 is 2.95 bits per heavy atom. The zero-order valence-electron chi connectivity index (χ0n) is 11.3. The third-order valence-corrected chi connectivity index (χ3v) is 2.56. The largest absolute Gasteiger partial charge is 0.493 e. The van der Waals surface area contributed by atoms with Crippen LogP contribution in [-0.2, 0) is 6.54 Å². The lowest BCUT2D eigenvalue weighted by Gasteiger charge is -2.11. The summed E-state index contributed by atoms with van der Waals surface area (Å²) in [4.78, 5) is 16.2. The number of nitrogens with two attached hydrogens (primary N) is 1. The number of carbonyl (C=O) groups is 1. The van der Waals surface area contributed by atoms with Gasteiger partial charge in [-0.15, -0.1) is 0 Å². The monoisotopic (exact) mass is 276 g/mol. The summed E-state index contributed by atoms with van der Waals surface area (Å²) in [6.07, 6.45) is 0. The Labute approximate surface area is 116 Å². The first-order valence-electron chi connectivity index (χ1n) is 6.20. The Morgan fingerprint density at radius 2 is 2.30 bits per heavy atom. The van der Waals surface area contributed by atoms with Crippen molar-refractivity contribution in [2.45, 2.75) is 20.4 Å². The number of nitrogens with zero attached hydrogens (tertiary/aromatic N) is 2. The Balaban J connectivity index is 2.12. The molecule has 0 fully saturated rings. The SMILES string of the molecule is CCOc1cccc(N)c1C(=O)NCc1nc(C)no1. The van der Waals surface area contributed by atoms with E-state index < -0.39 is 0 Å². The second-order valence-corrected chi connectivity index (χ2v) is 4.07. The minimum atomic E-state index is -0.345. The molecule has 0 unspecified atom stereocenters. The number of nitrogens with one attached hydrogen (secondary N) is 1.